The molecule has 0 aliphatic carbocycles. The third-order valence-corrected chi connectivity index (χ3v) is 3.52. The van der Waals surface area contributed by atoms with E-state index in [1.807, 2.05) is 0 Å². The number of anilines is 2. The van der Waals surface area contributed by atoms with Crippen LogP contribution >= 0.6 is 0 Å². The lowest BCUT2D eigenvalue weighted by molar-refractivity contribution is -0.114. The normalized spacial score (nSPS) is 10.6. The largest absolute Gasteiger partial charge is 0.419 e. The van der Waals surface area contributed by atoms with E-state index in [4.69, 9.17) is 4.42 Å². The van der Waals surface area contributed by atoms with Crippen molar-refractivity contribution in [2.45, 2.75) is 6.92 Å². The fourth-order valence-electron chi connectivity index (χ4n) is 2.32. The average molecular weight is 325 g/mol. The van der Waals surface area contributed by atoms with Crippen LogP contribution in [0.1, 0.15) is 17.3 Å². The summed E-state index contributed by atoms with van der Waals surface area (Å²) in [5.41, 5.74) is 2.67. The van der Waals surface area contributed by atoms with Crippen LogP contribution in [0.4, 0.5) is 11.4 Å². The minimum Gasteiger partial charge on any atom is -0.408 e. The number of aryl methyl sites for hydroxylation is 1. The number of rotatable bonds is 3. The third-order valence-electron chi connectivity index (χ3n) is 3.52. The SMILES string of the molecule is CC(=O)Nc1ccc(C(=O)Nc2ccc3oc(=O)n(C)c3c2)cc1. The number of benzene rings is 2. The number of hydrogen-bond acceptors (Lipinski definition) is 4. The van der Waals surface area contributed by atoms with Crippen molar-refractivity contribution in [2.24, 2.45) is 7.05 Å². The van der Waals surface area contributed by atoms with Crippen molar-refractivity contribution >= 4 is 34.3 Å². The molecule has 0 saturated carbocycles. The van der Waals surface area contributed by atoms with E-state index in [1.165, 1.54) is 11.5 Å². The van der Waals surface area contributed by atoms with Gasteiger partial charge in [0, 0.05) is 30.9 Å². The van der Waals surface area contributed by atoms with E-state index in [0.717, 1.165) is 0 Å². The highest BCUT2D eigenvalue weighted by atomic mass is 16.4. The van der Waals surface area contributed by atoms with Crippen LogP contribution in [0, 0.1) is 0 Å². The molecule has 2 amide bonds. The number of aromatic nitrogens is 1. The maximum Gasteiger partial charge on any atom is 0.419 e. The molecule has 3 rings (SSSR count). The minimum absolute atomic E-state index is 0.175. The van der Waals surface area contributed by atoms with Crippen molar-refractivity contribution in [1.82, 2.24) is 4.57 Å². The van der Waals surface area contributed by atoms with Crippen LogP contribution in [0.15, 0.2) is 51.7 Å². The molecule has 24 heavy (non-hydrogen) atoms. The molecule has 0 saturated heterocycles. The summed E-state index contributed by atoms with van der Waals surface area (Å²) in [4.78, 5) is 34.8. The summed E-state index contributed by atoms with van der Waals surface area (Å²) in [5.74, 6) is -0.925. The molecule has 0 spiro atoms. The van der Waals surface area contributed by atoms with Gasteiger partial charge in [0.2, 0.25) is 5.91 Å². The van der Waals surface area contributed by atoms with Crippen molar-refractivity contribution in [3.05, 3.63) is 58.6 Å². The summed E-state index contributed by atoms with van der Waals surface area (Å²) in [6.07, 6.45) is 0. The second-order valence-corrected chi connectivity index (χ2v) is 5.32. The molecule has 0 bridgehead atoms. The predicted octanol–water partition coefficient (Wildman–Crippen LogP) is 2.34. The molecule has 7 nitrogen and oxygen atoms in total. The number of nitrogens with zero attached hydrogens (tertiary/aromatic N) is 1. The standard InChI is InChI=1S/C17H15N3O4/c1-10(21)18-12-5-3-11(4-6-12)16(22)19-13-7-8-15-14(9-13)20(2)17(23)24-15/h3-9H,1-2H3,(H,18,21)(H,19,22). The smallest absolute Gasteiger partial charge is 0.408 e. The molecule has 7 heteroatoms. The Balaban J connectivity index is 1.80. The molecular formula is C17H15N3O4. The van der Waals surface area contributed by atoms with Gasteiger partial charge < -0.3 is 15.1 Å². The second-order valence-electron chi connectivity index (χ2n) is 5.32. The molecular weight excluding hydrogens is 310 g/mol. The number of nitrogens with one attached hydrogen (secondary N) is 2. The van der Waals surface area contributed by atoms with Crippen LogP contribution in [0.3, 0.4) is 0 Å². The summed E-state index contributed by atoms with van der Waals surface area (Å²) < 4.78 is 6.42. The predicted molar refractivity (Wildman–Crippen MR) is 90.2 cm³/mol. The minimum atomic E-state index is -0.456. The summed E-state index contributed by atoms with van der Waals surface area (Å²) in [6, 6.07) is 11.5. The van der Waals surface area contributed by atoms with Crippen LogP contribution in [0.5, 0.6) is 0 Å². The molecule has 2 N–H and O–H groups in total. The summed E-state index contributed by atoms with van der Waals surface area (Å²) >= 11 is 0. The molecule has 0 atom stereocenters. The summed E-state index contributed by atoms with van der Waals surface area (Å²) in [5, 5.41) is 5.40. The molecule has 122 valence electrons. The van der Waals surface area contributed by atoms with Gasteiger partial charge in [0.15, 0.2) is 5.58 Å². The topological polar surface area (TPSA) is 93.3 Å². The van der Waals surface area contributed by atoms with E-state index in [9.17, 15) is 14.4 Å². The Hall–Kier alpha value is -3.35. The molecule has 0 unspecified atom stereocenters. The zero-order valence-corrected chi connectivity index (χ0v) is 13.1. The summed E-state index contributed by atoms with van der Waals surface area (Å²) in [6.45, 7) is 1.42. The zero-order valence-electron chi connectivity index (χ0n) is 13.1. The van der Waals surface area contributed by atoms with Gasteiger partial charge in [0.05, 0.1) is 5.52 Å². The van der Waals surface area contributed by atoms with E-state index >= 15 is 0 Å². The zero-order chi connectivity index (χ0) is 17.3. The lowest BCUT2D eigenvalue weighted by Crippen LogP contribution is -2.12. The second kappa shape index (κ2) is 6.04. The molecule has 1 aromatic heterocycles. The Labute approximate surface area is 136 Å². The number of carbonyl (C=O) groups is 2. The first-order valence-electron chi connectivity index (χ1n) is 7.22. The van der Waals surface area contributed by atoms with Crippen molar-refractivity contribution in [2.75, 3.05) is 10.6 Å². The molecule has 0 aliphatic heterocycles. The molecule has 0 fully saturated rings. The van der Waals surface area contributed by atoms with Gasteiger partial charge in [-0.3, -0.25) is 14.2 Å². The van der Waals surface area contributed by atoms with Gasteiger partial charge >= 0.3 is 5.76 Å². The van der Waals surface area contributed by atoms with Gasteiger partial charge in [-0.2, -0.15) is 0 Å². The van der Waals surface area contributed by atoms with Gasteiger partial charge in [-0.05, 0) is 42.5 Å². The van der Waals surface area contributed by atoms with Crippen molar-refractivity contribution in [3.63, 3.8) is 0 Å². The maximum absolute atomic E-state index is 12.3. The van der Waals surface area contributed by atoms with Gasteiger partial charge in [0.25, 0.3) is 5.91 Å². The van der Waals surface area contributed by atoms with Crippen LogP contribution in [0.25, 0.3) is 11.1 Å². The first kappa shape index (κ1) is 15.5. The molecule has 0 radical (unpaired) electrons. The van der Waals surface area contributed by atoms with E-state index in [0.29, 0.717) is 28.0 Å². The lowest BCUT2D eigenvalue weighted by Gasteiger charge is -2.07. The number of amides is 2. The molecule has 0 aliphatic rings. The highest BCUT2D eigenvalue weighted by molar-refractivity contribution is 6.05. The van der Waals surface area contributed by atoms with Gasteiger partial charge in [-0.25, -0.2) is 4.79 Å². The monoisotopic (exact) mass is 325 g/mol. The Bertz CT molecular complexity index is 983. The number of fused-ring (bicyclic) bond motifs is 1. The van der Waals surface area contributed by atoms with Crippen molar-refractivity contribution in [3.8, 4) is 0 Å². The molecule has 2 aromatic carbocycles. The van der Waals surface area contributed by atoms with Crippen LogP contribution < -0.4 is 16.4 Å². The van der Waals surface area contributed by atoms with E-state index in [-0.39, 0.29) is 11.8 Å². The van der Waals surface area contributed by atoms with E-state index < -0.39 is 5.76 Å². The fourth-order valence-corrected chi connectivity index (χ4v) is 2.32. The fraction of sp³-hybridized carbons (Fsp3) is 0.118. The average Bonchev–Trinajstić information content (AvgIpc) is 2.82. The van der Waals surface area contributed by atoms with Crippen molar-refractivity contribution in [1.29, 1.82) is 0 Å². The van der Waals surface area contributed by atoms with E-state index in [1.54, 1.807) is 49.5 Å². The number of carbonyl (C=O) groups excluding carboxylic acids is 2. The highest BCUT2D eigenvalue weighted by Gasteiger charge is 2.10. The first-order chi connectivity index (χ1) is 11.4. The lowest BCUT2D eigenvalue weighted by atomic mass is 10.2. The van der Waals surface area contributed by atoms with Crippen molar-refractivity contribution < 1.29 is 14.0 Å². The van der Waals surface area contributed by atoms with Gasteiger partial charge in [-0.15, -0.1) is 0 Å². The molecule has 3 aromatic rings. The van der Waals surface area contributed by atoms with Crippen LogP contribution in [-0.2, 0) is 11.8 Å². The Morgan fingerprint density at radius 3 is 2.33 bits per heavy atom. The van der Waals surface area contributed by atoms with Gasteiger partial charge in [-0.1, -0.05) is 0 Å². The number of hydrogen-bond donors (Lipinski definition) is 2. The Morgan fingerprint density at radius 1 is 1.00 bits per heavy atom. The molecule has 1 heterocycles. The maximum atomic E-state index is 12.3. The quantitative estimate of drug-likeness (QED) is 0.773. The third kappa shape index (κ3) is 3.05. The summed E-state index contributed by atoms with van der Waals surface area (Å²) in [7, 11) is 1.60. The Morgan fingerprint density at radius 2 is 1.67 bits per heavy atom. The van der Waals surface area contributed by atoms with Crippen LogP contribution in [0.2, 0.25) is 0 Å². The van der Waals surface area contributed by atoms with E-state index in [2.05, 4.69) is 10.6 Å². The highest BCUT2D eigenvalue weighted by Crippen LogP contribution is 2.19. The van der Waals surface area contributed by atoms with Gasteiger partial charge in [0.1, 0.15) is 0 Å². The Kier molecular flexibility index (Phi) is 3.91. The van der Waals surface area contributed by atoms with Crippen LogP contribution in [-0.4, -0.2) is 16.4 Å². The number of oxazole rings is 1. The first-order valence-corrected chi connectivity index (χ1v) is 7.22.